The third-order valence-corrected chi connectivity index (χ3v) is 6.07. The zero-order valence-corrected chi connectivity index (χ0v) is 21.5. The molecule has 2 amide bonds. The topological polar surface area (TPSA) is 123 Å². The molecule has 1 aromatic heterocycles. The van der Waals surface area contributed by atoms with Crippen LogP contribution in [0, 0.1) is 13.8 Å². The average molecular weight is 518 g/mol. The first-order chi connectivity index (χ1) is 17.9. The van der Waals surface area contributed by atoms with E-state index in [2.05, 4.69) is 31.7 Å². The van der Waals surface area contributed by atoms with Crippen LogP contribution in [0.1, 0.15) is 24.5 Å². The van der Waals surface area contributed by atoms with Crippen molar-refractivity contribution >= 4 is 34.3 Å². The molecular formula is C26H27N7O3S. The summed E-state index contributed by atoms with van der Waals surface area (Å²) in [4.78, 5) is 25.2. The predicted octanol–water partition coefficient (Wildman–Crippen LogP) is 4.90. The average Bonchev–Trinajstić information content (AvgIpc) is 3.36. The van der Waals surface area contributed by atoms with Crippen LogP contribution in [-0.2, 0) is 4.79 Å². The molecule has 0 saturated heterocycles. The Kier molecular flexibility index (Phi) is 8.37. The third-order valence-electron chi connectivity index (χ3n) is 5.35. The molecular weight excluding hydrogens is 490 g/mol. The fourth-order valence-electron chi connectivity index (χ4n) is 3.47. The Labute approximate surface area is 218 Å². The number of ether oxygens (including phenoxy) is 1. The van der Waals surface area contributed by atoms with Gasteiger partial charge in [0.15, 0.2) is 6.10 Å². The van der Waals surface area contributed by atoms with Gasteiger partial charge in [0, 0.05) is 17.4 Å². The van der Waals surface area contributed by atoms with E-state index in [1.54, 1.807) is 24.3 Å². The molecule has 0 aliphatic heterocycles. The Morgan fingerprint density at radius 2 is 1.73 bits per heavy atom. The molecule has 0 bridgehead atoms. The highest BCUT2D eigenvalue weighted by Crippen LogP contribution is 2.22. The maximum absolute atomic E-state index is 12.8. The number of hydrogen-bond acceptors (Lipinski definition) is 8. The quantitative estimate of drug-likeness (QED) is 0.212. The first kappa shape index (κ1) is 25.7. The lowest BCUT2D eigenvalue weighted by Crippen LogP contribution is -2.32. The zero-order valence-electron chi connectivity index (χ0n) is 20.6. The summed E-state index contributed by atoms with van der Waals surface area (Å²) in [5.41, 5.74) is 9.55. The highest BCUT2D eigenvalue weighted by molar-refractivity contribution is 8.13. The number of carbonyl (C=O) groups is 2. The van der Waals surface area contributed by atoms with Crippen molar-refractivity contribution in [3.63, 3.8) is 0 Å². The molecule has 10 nitrogen and oxygen atoms in total. The monoisotopic (exact) mass is 517 g/mol. The lowest BCUT2D eigenvalue weighted by atomic mass is 10.1. The van der Waals surface area contributed by atoms with Gasteiger partial charge in [-0.15, -0.1) is 5.10 Å². The molecule has 190 valence electrons. The Morgan fingerprint density at radius 1 is 1.00 bits per heavy atom. The van der Waals surface area contributed by atoms with Crippen molar-refractivity contribution in [2.24, 2.45) is 0 Å². The number of hydrazine groups is 1. The number of hydrogen-bond donors (Lipinski definition) is 3. The molecule has 0 spiro atoms. The minimum atomic E-state index is -0.622. The number of para-hydroxylation sites is 1. The van der Waals surface area contributed by atoms with E-state index in [-0.39, 0.29) is 5.91 Å². The summed E-state index contributed by atoms with van der Waals surface area (Å²) in [6.45, 7) is 5.88. The second-order valence-electron chi connectivity index (χ2n) is 8.20. The van der Waals surface area contributed by atoms with Crippen molar-refractivity contribution in [1.82, 2.24) is 25.6 Å². The van der Waals surface area contributed by atoms with Crippen LogP contribution in [0.5, 0.6) is 5.75 Å². The molecule has 0 aliphatic rings. The van der Waals surface area contributed by atoms with E-state index >= 15 is 0 Å². The van der Waals surface area contributed by atoms with E-state index < -0.39 is 11.3 Å². The first-order valence-corrected chi connectivity index (χ1v) is 12.5. The molecule has 4 aromatic rings. The summed E-state index contributed by atoms with van der Waals surface area (Å²) < 4.78 is 7.44. The lowest BCUT2D eigenvalue weighted by molar-refractivity contribution is -0.122. The molecule has 0 fully saturated rings. The van der Waals surface area contributed by atoms with Crippen LogP contribution in [0.15, 0.2) is 78.0 Å². The van der Waals surface area contributed by atoms with Crippen LogP contribution in [-0.4, -0.2) is 37.5 Å². The van der Waals surface area contributed by atoms with Crippen molar-refractivity contribution in [3.8, 4) is 11.4 Å². The molecule has 11 heteroatoms. The van der Waals surface area contributed by atoms with Gasteiger partial charge in [-0.2, -0.15) is 4.68 Å². The van der Waals surface area contributed by atoms with Crippen molar-refractivity contribution in [2.75, 3.05) is 10.7 Å². The van der Waals surface area contributed by atoms with E-state index in [1.165, 1.54) is 4.68 Å². The summed E-state index contributed by atoms with van der Waals surface area (Å²) >= 11 is 0.854. The number of anilines is 2. The summed E-state index contributed by atoms with van der Waals surface area (Å²) in [6, 6.07) is 22.1. The second kappa shape index (κ2) is 12.0. The number of carbonyl (C=O) groups excluding carboxylic acids is 2. The molecule has 3 N–H and O–H groups in total. The lowest BCUT2D eigenvalue weighted by Gasteiger charge is -2.19. The minimum absolute atomic E-state index is 0.232. The van der Waals surface area contributed by atoms with Crippen molar-refractivity contribution < 1.29 is 14.3 Å². The number of rotatable bonds is 9. The Hall–Kier alpha value is -4.38. The Bertz CT molecular complexity index is 1360. The number of nitrogens with zero attached hydrogens (tertiary/aromatic N) is 4. The summed E-state index contributed by atoms with van der Waals surface area (Å²) in [5.74, 6) is 0.461. The maximum Gasteiger partial charge on any atom is 0.305 e. The number of benzene rings is 3. The van der Waals surface area contributed by atoms with Crippen LogP contribution >= 0.6 is 11.8 Å². The van der Waals surface area contributed by atoms with Gasteiger partial charge < -0.3 is 10.1 Å². The molecule has 1 atom stereocenters. The van der Waals surface area contributed by atoms with E-state index in [1.807, 2.05) is 69.3 Å². The fourth-order valence-corrected chi connectivity index (χ4v) is 4.05. The van der Waals surface area contributed by atoms with E-state index in [4.69, 9.17) is 4.74 Å². The standard InChI is InChI=1S/C26H27N7O3S/c1-4-22(36-23-15-10-17(2)16-18(23)3)24(34)27-19-11-13-20(14-12-19)28-30-26(35)37-25-29-31-32-33(25)21-8-6-5-7-9-21/h5-16,22,28H,4H2,1-3H3,(H,27,34)(H,30,35). The van der Waals surface area contributed by atoms with Gasteiger partial charge in [-0.05, 0) is 78.7 Å². The van der Waals surface area contributed by atoms with Crippen LogP contribution in [0.3, 0.4) is 0 Å². The highest BCUT2D eigenvalue weighted by Gasteiger charge is 2.19. The number of tetrazole rings is 1. The van der Waals surface area contributed by atoms with Crippen molar-refractivity contribution in [1.29, 1.82) is 0 Å². The van der Waals surface area contributed by atoms with Gasteiger partial charge >= 0.3 is 5.24 Å². The molecule has 4 rings (SSSR count). The number of amides is 2. The van der Waals surface area contributed by atoms with Gasteiger partial charge in [0.05, 0.1) is 11.4 Å². The SMILES string of the molecule is CCC(Oc1ccc(C)cc1C)C(=O)Nc1ccc(NNC(=O)Sc2nnnn2-c2ccccc2)cc1. The summed E-state index contributed by atoms with van der Waals surface area (Å²) in [7, 11) is 0. The van der Waals surface area contributed by atoms with E-state index in [0.29, 0.717) is 28.7 Å². The van der Waals surface area contributed by atoms with Gasteiger partial charge in [-0.25, -0.2) is 0 Å². The van der Waals surface area contributed by atoms with Crippen LogP contribution in [0.2, 0.25) is 0 Å². The smallest absolute Gasteiger partial charge is 0.305 e. The fraction of sp³-hybridized carbons (Fsp3) is 0.192. The van der Waals surface area contributed by atoms with Crippen LogP contribution in [0.25, 0.3) is 5.69 Å². The number of aromatic nitrogens is 4. The Balaban J connectivity index is 1.29. The molecule has 1 unspecified atom stereocenters. The zero-order chi connectivity index (χ0) is 26.2. The third kappa shape index (κ3) is 6.85. The number of nitrogens with one attached hydrogen (secondary N) is 3. The van der Waals surface area contributed by atoms with Crippen LogP contribution < -0.4 is 20.9 Å². The van der Waals surface area contributed by atoms with E-state index in [0.717, 1.165) is 28.6 Å². The van der Waals surface area contributed by atoms with E-state index in [9.17, 15) is 9.59 Å². The van der Waals surface area contributed by atoms with Crippen molar-refractivity contribution in [3.05, 3.63) is 83.9 Å². The number of thioether (sulfide) groups is 1. The molecule has 0 radical (unpaired) electrons. The normalized spacial score (nSPS) is 11.4. The molecule has 0 saturated carbocycles. The molecule has 0 aliphatic carbocycles. The molecule has 37 heavy (non-hydrogen) atoms. The summed E-state index contributed by atoms with van der Waals surface area (Å²) in [6.07, 6.45) is -0.0984. The Morgan fingerprint density at radius 3 is 2.43 bits per heavy atom. The predicted molar refractivity (Wildman–Crippen MR) is 143 cm³/mol. The number of aryl methyl sites for hydroxylation is 2. The van der Waals surface area contributed by atoms with Gasteiger partial charge in [0.2, 0.25) is 5.16 Å². The van der Waals surface area contributed by atoms with Gasteiger partial charge in [0.1, 0.15) is 5.75 Å². The van der Waals surface area contributed by atoms with Crippen molar-refractivity contribution in [2.45, 2.75) is 38.5 Å². The second-order valence-corrected chi connectivity index (χ2v) is 9.14. The van der Waals surface area contributed by atoms with Gasteiger partial charge in [-0.1, -0.05) is 42.8 Å². The van der Waals surface area contributed by atoms with Gasteiger partial charge in [-0.3, -0.25) is 20.4 Å². The molecule has 1 heterocycles. The van der Waals surface area contributed by atoms with Crippen LogP contribution in [0.4, 0.5) is 16.2 Å². The summed E-state index contributed by atoms with van der Waals surface area (Å²) in [5, 5.41) is 14.3. The minimum Gasteiger partial charge on any atom is -0.480 e. The van der Waals surface area contributed by atoms with Gasteiger partial charge in [0.25, 0.3) is 5.91 Å². The highest BCUT2D eigenvalue weighted by atomic mass is 32.2. The maximum atomic E-state index is 12.8. The molecule has 3 aromatic carbocycles. The largest absolute Gasteiger partial charge is 0.480 e. The first-order valence-electron chi connectivity index (χ1n) is 11.7.